The van der Waals surface area contributed by atoms with E-state index in [4.69, 9.17) is 0 Å². The first-order valence-corrected chi connectivity index (χ1v) is 8.40. The Morgan fingerprint density at radius 1 is 1.35 bits per heavy atom. The number of nitrogens with one attached hydrogen (secondary N) is 1. The molecule has 1 aliphatic rings. The second-order valence-electron chi connectivity index (χ2n) is 6.99. The van der Waals surface area contributed by atoms with Gasteiger partial charge in [0, 0.05) is 49.2 Å². The van der Waals surface area contributed by atoms with E-state index in [1.54, 1.807) is 0 Å². The van der Waals surface area contributed by atoms with Crippen LogP contribution in [0.4, 0.5) is 0 Å². The van der Waals surface area contributed by atoms with Crippen LogP contribution in [-0.4, -0.2) is 57.0 Å². The van der Waals surface area contributed by atoms with Gasteiger partial charge in [-0.1, -0.05) is 0 Å². The maximum absolute atomic E-state index is 4.38. The zero-order valence-electron chi connectivity index (χ0n) is 14.7. The van der Waals surface area contributed by atoms with Crippen LogP contribution in [-0.2, 0) is 13.6 Å². The van der Waals surface area contributed by atoms with Crippen molar-refractivity contribution in [3.63, 3.8) is 0 Å². The first-order chi connectivity index (χ1) is 11.0. The average Bonchev–Trinajstić information content (AvgIpc) is 3.08. The minimum atomic E-state index is 0.463. The minimum absolute atomic E-state index is 0.463. The van der Waals surface area contributed by atoms with E-state index in [0.29, 0.717) is 12.0 Å². The first-order valence-electron chi connectivity index (χ1n) is 8.40. The van der Waals surface area contributed by atoms with E-state index in [9.17, 15) is 0 Å². The van der Waals surface area contributed by atoms with Gasteiger partial charge in [0.2, 0.25) is 0 Å². The van der Waals surface area contributed by atoms with Crippen molar-refractivity contribution in [3.05, 3.63) is 35.4 Å². The van der Waals surface area contributed by atoms with Gasteiger partial charge in [0.15, 0.2) is 0 Å². The van der Waals surface area contributed by atoms with E-state index in [0.717, 1.165) is 13.1 Å². The summed E-state index contributed by atoms with van der Waals surface area (Å²) in [7, 11) is 6.44. The normalized spacial score (nSPS) is 22.8. The molecule has 126 valence electrons. The van der Waals surface area contributed by atoms with E-state index in [1.165, 1.54) is 36.2 Å². The molecular weight excluding hydrogens is 288 g/mol. The number of hydrogen-bond acceptors (Lipinski definition) is 4. The minimum Gasteiger partial charge on any atom is -0.302 e. The van der Waals surface area contributed by atoms with Crippen LogP contribution in [0.1, 0.15) is 35.7 Å². The standard InChI is InChI=1S/C17H28N6/c1-13-15(8-18-20-13)11-21(2)10-14-6-5-7-22(3)17(14)16-9-19-23(4)12-16/h8-9,12,14,17H,5-7,10-11H2,1-4H3,(H,18,20)/t14-,17+/m0/s1. The topological polar surface area (TPSA) is 53.0 Å². The summed E-state index contributed by atoms with van der Waals surface area (Å²) in [6, 6.07) is 0.463. The predicted octanol–water partition coefficient (Wildman–Crippen LogP) is 1.97. The molecular formula is C17H28N6. The van der Waals surface area contributed by atoms with Gasteiger partial charge in [0.25, 0.3) is 0 Å². The lowest BCUT2D eigenvalue weighted by Gasteiger charge is -2.40. The van der Waals surface area contributed by atoms with Crippen molar-refractivity contribution in [1.82, 2.24) is 29.8 Å². The molecule has 2 aromatic rings. The largest absolute Gasteiger partial charge is 0.302 e. The molecule has 23 heavy (non-hydrogen) atoms. The number of likely N-dealkylation sites (tertiary alicyclic amines) is 1. The highest BCUT2D eigenvalue weighted by Crippen LogP contribution is 2.35. The lowest BCUT2D eigenvalue weighted by atomic mass is 9.85. The van der Waals surface area contributed by atoms with Gasteiger partial charge in [-0.25, -0.2) is 0 Å². The number of H-pyrrole nitrogens is 1. The Bertz CT molecular complexity index is 631. The molecule has 0 radical (unpaired) electrons. The number of aromatic amines is 1. The monoisotopic (exact) mass is 316 g/mol. The highest BCUT2D eigenvalue weighted by Gasteiger charge is 2.32. The third-order valence-corrected chi connectivity index (χ3v) is 4.99. The SMILES string of the molecule is Cc1[nH]ncc1CN(C)C[C@@H]1CCCN(C)[C@H]1c1cnn(C)c1. The van der Waals surface area contributed by atoms with Crippen molar-refractivity contribution in [3.8, 4) is 0 Å². The molecule has 0 spiro atoms. The quantitative estimate of drug-likeness (QED) is 0.916. The number of rotatable bonds is 5. The molecule has 2 aromatic heterocycles. The maximum atomic E-state index is 4.38. The fraction of sp³-hybridized carbons (Fsp3) is 0.647. The Hall–Kier alpha value is -1.66. The van der Waals surface area contributed by atoms with Gasteiger partial charge >= 0.3 is 0 Å². The van der Waals surface area contributed by atoms with Crippen LogP contribution in [0, 0.1) is 12.8 Å². The molecule has 1 saturated heterocycles. The van der Waals surface area contributed by atoms with Crippen molar-refractivity contribution in [1.29, 1.82) is 0 Å². The molecule has 0 saturated carbocycles. The Morgan fingerprint density at radius 2 is 2.17 bits per heavy atom. The Kier molecular flexibility index (Phi) is 4.82. The smallest absolute Gasteiger partial charge is 0.0537 e. The molecule has 6 heteroatoms. The highest BCUT2D eigenvalue weighted by molar-refractivity contribution is 5.15. The summed E-state index contributed by atoms with van der Waals surface area (Å²) in [6.45, 7) is 5.29. The fourth-order valence-corrected chi connectivity index (χ4v) is 3.86. The summed E-state index contributed by atoms with van der Waals surface area (Å²) in [4.78, 5) is 4.91. The van der Waals surface area contributed by atoms with Gasteiger partial charge in [-0.05, 0) is 46.3 Å². The summed E-state index contributed by atoms with van der Waals surface area (Å²) in [5.74, 6) is 0.634. The summed E-state index contributed by atoms with van der Waals surface area (Å²) < 4.78 is 1.91. The van der Waals surface area contributed by atoms with Crippen LogP contribution in [0.15, 0.2) is 18.6 Å². The second-order valence-corrected chi connectivity index (χ2v) is 6.99. The summed E-state index contributed by atoms with van der Waals surface area (Å²) in [5, 5.41) is 11.5. The molecule has 1 aliphatic heterocycles. The van der Waals surface area contributed by atoms with Crippen LogP contribution in [0.5, 0.6) is 0 Å². The van der Waals surface area contributed by atoms with Crippen molar-refractivity contribution >= 4 is 0 Å². The molecule has 2 atom stereocenters. The Balaban J connectivity index is 1.70. The van der Waals surface area contributed by atoms with Gasteiger partial charge < -0.3 is 4.90 Å². The Morgan fingerprint density at radius 3 is 2.83 bits per heavy atom. The molecule has 0 bridgehead atoms. The molecule has 1 N–H and O–H groups in total. The molecule has 3 heterocycles. The maximum Gasteiger partial charge on any atom is 0.0537 e. The summed E-state index contributed by atoms with van der Waals surface area (Å²) in [5.41, 5.74) is 3.80. The van der Waals surface area contributed by atoms with Crippen molar-refractivity contribution in [2.75, 3.05) is 27.2 Å². The zero-order valence-corrected chi connectivity index (χ0v) is 14.7. The third kappa shape index (κ3) is 3.64. The number of piperidine rings is 1. The molecule has 0 amide bonds. The van der Waals surface area contributed by atoms with Gasteiger partial charge in [-0.15, -0.1) is 0 Å². The Labute approximate surface area is 138 Å². The average molecular weight is 316 g/mol. The number of aryl methyl sites for hydroxylation is 2. The molecule has 1 fully saturated rings. The molecule has 0 aromatic carbocycles. The van der Waals surface area contributed by atoms with Crippen LogP contribution in [0.25, 0.3) is 0 Å². The van der Waals surface area contributed by atoms with E-state index in [2.05, 4.69) is 52.3 Å². The van der Waals surface area contributed by atoms with Crippen molar-refractivity contribution in [2.45, 2.75) is 32.4 Å². The van der Waals surface area contributed by atoms with Crippen LogP contribution >= 0.6 is 0 Å². The van der Waals surface area contributed by atoms with E-state index in [-0.39, 0.29) is 0 Å². The summed E-state index contributed by atoms with van der Waals surface area (Å²) >= 11 is 0. The van der Waals surface area contributed by atoms with E-state index in [1.807, 2.05) is 24.1 Å². The van der Waals surface area contributed by atoms with Crippen molar-refractivity contribution < 1.29 is 0 Å². The number of hydrogen-bond donors (Lipinski definition) is 1. The second kappa shape index (κ2) is 6.84. The zero-order chi connectivity index (χ0) is 16.4. The highest BCUT2D eigenvalue weighted by atomic mass is 15.3. The third-order valence-electron chi connectivity index (χ3n) is 4.99. The van der Waals surface area contributed by atoms with Crippen LogP contribution in [0.3, 0.4) is 0 Å². The van der Waals surface area contributed by atoms with Gasteiger partial charge in [0.1, 0.15) is 0 Å². The van der Waals surface area contributed by atoms with Crippen LogP contribution < -0.4 is 0 Å². The van der Waals surface area contributed by atoms with Gasteiger partial charge in [0.05, 0.1) is 12.4 Å². The van der Waals surface area contributed by atoms with Crippen molar-refractivity contribution in [2.24, 2.45) is 13.0 Å². The fourth-order valence-electron chi connectivity index (χ4n) is 3.86. The number of nitrogens with zero attached hydrogens (tertiary/aromatic N) is 5. The van der Waals surface area contributed by atoms with E-state index < -0.39 is 0 Å². The lowest BCUT2D eigenvalue weighted by molar-refractivity contribution is 0.0925. The van der Waals surface area contributed by atoms with Gasteiger partial charge in [-0.2, -0.15) is 10.2 Å². The first kappa shape index (κ1) is 16.2. The van der Waals surface area contributed by atoms with E-state index >= 15 is 0 Å². The lowest BCUT2D eigenvalue weighted by Crippen LogP contribution is -2.40. The number of aromatic nitrogens is 4. The van der Waals surface area contributed by atoms with Crippen LogP contribution in [0.2, 0.25) is 0 Å². The summed E-state index contributed by atoms with van der Waals surface area (Å²) in [6.07, 6.45) is 8.69. The molecule has 3 rings (SSSR count). The molecule has 0 aliphatic carbocycles. The van der Waals surface area contributed by atoms with Gasteiger partial charge in [-0.3, -0.25) is 14.7 Å². The molecule has 0 unspecified atom stereocenters. The predicted molar refractivity (Wildman–Crippen MR) is 91.0 cm³/mol. The molecule has 6 nitrogen and oxygen atoms in total.